The molecule has 0 aliphatic rings. The summed E-state index contributed by atoms with van der Waals surface area (Å²) in [7, 11) is 0. The van der Waals surface area contributed by atoms with Crippen LogP contribution in [0.4, 0.5) is 0 Å². The summed E-state index contributed by atoms with van der Waals surface area (Å²) < 4.78 is 11.2. The van der Waals surface area contributed by atoms with Crippen LogP contribution in [-0.4, -0.2) is 12.4 Å². The Kier molecular flexibility index (Phi) is 5.40. The van der Waals surface area contributed by atoms with E-state index in [2.05, 4.69) is 27.7 Å². The van der Waals surface area contributed by atoms with Crippen LogP contribution >= 0.6 is 0 Å². The number of rotatable bonds is 7. The van der Waals surface area contributed by atoms with Crippen LogP contribution in [0.25, 0.3) is 11.0 Å². The fraction of sp³-hybridized carbons (Fsp3) is 0.524. The number of fused-ring (bicyclic) bond motifs is 1. The van der Waals surface area contributed by atoms with Gasteiger partial charge in [-0.25, -0.2) is 4.79 Å². The Morgan fingerprint density at radius 2 is 1.80 bits per heavy atom. The molecular weight excluding hydrogens is 316 g/mol. The molecule has 0 fully saturated rings. The van der Waals surface area contributed by atoms with E-state index in [0.717, 1.165) is 17.4 Å². The predicted molar refractivity (Wildman–Crippen MR) is 100 cm³/mol. The lowest BCUT2D eigenvalue weighted by Crippen LogP contribution is -2.29. The average Bonchev–Trinajstić information content (AvgIpc) is 2.41. The Labute approximate surface area is 149 Å². The van der Waals surface area contributed by atoms with Gasteiger partial charge in [0, 0.05) is 23.9 Å². The highest BCUT2D eigenvalue weighted by molar-refractivity contribution is 5.81. The number of Topliss-reactive ketones (excluding diaryl/α,β-unsaturated/α-hetero) is 1. The molecule has 0 saturated carbocycles. The molecule has 25 heavy (non-hydrogen) atoms. The third kappa shape index (κ3) is 5.45. The number of benzene rings is 1. The first kappa shape index (κ1) is 19.2. The van der Waals surface area contributed by atoms with Crippen molar-refractivity contribution in [1.29, 1.82) is 0 Å². The predicted octanol–water partition coefficient (Wildman–Crippen LogP) is 4.90. The van der Waals surface area contributed by atoms with E-state index in [9.17, 15) is 9.59 Å². The van der Waals surface area contributed by atoms with Crippen LogP contribution < -0.4 is 10.4 Å². The molecule has 1 aromatic carbocycles. The Bertz CT molecular complexity index is 827. The normalized spacial score (nSPS) is 12.4. The summed E-state index contributed by atoms with van der Waals surface area (Å²) in [5, 5.41) is 0.911. The second kappa shape index (κ2) is 7.03. The summed E-state index contributed by atoms with van der Waals surface area (Å²) in [5.41, 5.74) is 0.933. The molecule has 136 valence electrons. The van der Waals surface area contributed by atoms with Crippen molar-refractivity contribution in [2.75, 3.05) is 6.61 Å². The van der Waals surface area contributed by atoms with Crippen LogP contribution in [0.2, 0.25) is 0 Å². The molecule has 1 aromatic heterocycles. The molecule has 4 nitrogen and oxygen atoms in total. The number of ketones is 1. The van der Waals surface area contributed by atoms with Crippen molar-refractivity contribution in [3.8, 4) is 5.75 Å². The summed E-state index contributed by atoms with van der Waals surface area (Å²) in [6, 6.07) is 7.06. The Morgan fingerprint density at radius 3 is 2.44 bits per heavy atom. The van der Waals surface area contributed by atoms with Crippen LogP contribution in [0.5, 0.6) is 5.75 Å². The quantitative estimate of drug-likeness (QED) is 0.670. The van der Waals surface area contributed by atoms with E-state index in [0.29, 0.717) is 24.4 Å². The number of aryl methyl sites for hydroxylation is 1. The highest BCUT2D eigenvalue weighted by Gasteiger charge is 2.30. The maximum atomic E-state index is 11.5. The molecule has 0 amide bonds. The summed E-state index contributed by atoms with van der Waals surface area (Å²) in [6.45, 7) is 12.6. The maximum Gasteiger partial charge on any atom is 0.336 e. The highest BCUT2D eigenvalue weighted by Crippen LogP contribution is 2.37. The van der Waals surface area contributed by atoms with E-state index >= 15 is 0 Å². The molecule has 0 atom stereocenters. The molecule has 0 spiro atoms. The van der Waals surface area contributed by atoms with E-state index in [1.165, 1.54) is 6.07 Å². The van der Waals surface area contributed by atoms with Gasteiger partial charge in [-0.15, -0.1) is 0 Å². The first-order valence-corrected chi connectivity index (χ1v) is 8.64. The Hall–Kier alpha value is -2.10. The monoisotopic (exact) mass is 344 g/mol. The third-order valence-corrected chi connectivity index (χ3v) is 4.24. The Balaban J connectivity index is 2.10. The molecule has 1 heterocycles. The van der Waals surface area contributed by atoms with Gasteiger partial charge in [0.15, 0.2) is 0 Å². The largest absolute Gasteiger partial charge is 0.493 e. The second-order valence-corrected chi connectivity index (χ2v) is 8.58. The molecule has 0 saturated heterocycles. The van der Waals surface area contributed by atoms with Gasteiger partial charge >= 0.3 is 5.63 Å². The fourth-order valence-corrected chi connectivity index (χ4v) is 3.76. The Morgan fingerprint density at radius 1 is 1.12 bits per heavy atom. The van der Waals surface area contributed by atoms with Crippen LogP contribution in [-0.2, 0) is 4.79 Å². The zero-order chi connectivity index (χ0) is 18.8. The van der Waals surface area contributed by atoms with Crippen molar-refractivity contribution in [3.63, 3.8) is 0 Å². The van der Waals surface area contributed by atoms with E-state index in [1.54, 1.807) is 13.0 Å². The minimum absolute atomic E-state index is 0.0635. The second-order valence-electron chi connectivity index (χ2n) is 8.58. The van der Waals surface area contributed by atoms with Crippen LogP contribution in [0.1, 0.15) is 53.0 Å². The van der Waals surface area contributed by atoms with Gasteiger partial charge in [0.25, 0.3) is 0 Å². The topological polar surface area (TPSA) is 56.5 Å². The lowest BCUT2D eigenvalue weighted by molar-refractivity contribution is -0.119. The summed E-state index contributed by atoms with van der Waals surface area (Å²) in [5.74, 6) is 0.889. The minimum atomic E-state index is -0.353. The lowest BCUT2D eigenvalue weighted by Gasteiger charge is -2.34. The lowest BCUT2D eigenvalue weighted by atomic mass is 9.73. The van der Waals surface area contributed by atoms with Crippen LogP contribution in [0.15, 0.2) is 33.5 Å². The summed E-state index contributed by atoms with van der Waals surface area (Å²) in [6.07, 6.45) is 1.44. The van der Waals surface area contributed by atoms with Crippen LogP contribution in [0, 0.1) is 17.8 Å². The number of carbonyl (C=O) groups is 1. The summed E-state index contributed by atoms with van der Waals surface area (Å²) >= 11 is 0. The molecule has 0 radical (unpaired) electrons. The van der Waals surface area contributed by atoms with Gasteiger partial charge in [0.1, 0.15) is 17.1 Å². The SMILES string of the molecule is CC(=O)CC(C)(C)CC(C)(C)COc1ccc2c(C)cc(=O)oc2c1. The first-order valence-electron chi connectivity index (χ1n) is 8.64. The zero-order valence-electron chi connectivity index (χ0n) is 16.1. The molecule has 0 aliphatic heterocycles. The van der Waals surface area contributed by atoms with Gasteiger partial charge in [-0.1, -0.05) is 27.7 Å². The molecular formula is C21H28O4. The number of carbonyl (C=O) groups excluding carboxylic acids is 1. The van der Waals surface area contributed by atoms with E-state index in [-0.39, 0.29) is 22.2 Å². The van der Waals surface area contributed by atoms with Crippen LogP contribution in [0.3, 0.4) is 0 Å². The molecule has 4 heteroatoms. The molecule has 0 aliphatic carbocycles. The van der Waals surface area contributed by atoms with Gasteiger partial charge in [-0.05, 0) is 48.8 Å². The van der Waals surface area contributed by atoms with Gasteiger partial charge < -0.3 is 13.9 Å². The standard InChI is InChI=1S/C21H28O4/c1-14-9-19(23)25-18-10-16(7-8-17(14)18)24-13-21(5,6)12-20(3,4)11-15(2)22/h7-10H,11-13H2,1-6H3. The molecule has 2 rings (SSSR count). The van der Waals surface area contributed by atoms with Gasteiger partial charge in [0.2, 0.25) is 0 Å². The number of ether oxygens (including phenoxy) is 1. The smallest absolute Gasteiger partial charge is 0.336 e. The van der Waals surface area contributed by atoms with E-state index < -0.39 is 0 Å². The van der Waals surface area contributed by atoms with E-state index in [4.69, 9.17) is 9.15 Å². The minimum Gasteiger partial charge on any atom is -0.493 e. The van der Waals surface area contributed by atoms with Crippen molar-refractivity contribution in [2.24, 2.45) is 10.8 Å². The van der Waals surface area contributed by atoms with Gasteiger partial charge in [-0.2, -0.15) is 0 Å². The van der Waals surface area contributed by atoms with Crippen molar-refractivity contribution < 1.29 is 13.9 Å². The average molecular weight is 344 g/mol. The van der Waals surface area contributed by atoms with Crippen molar-refractivity contribution in [1.82, 2.24) is 0 Å². The molecule has 0 N–H and O–H groups in total. The summed E-state index contributed by atoms with van der Waals surface area (Å²) in [4.78, 5) is 23.0. The molecule has 0 unspecified atom stereocenters. The van der Waals surface area contributed by atoms with Gasteiger partial charge in [0.05, 0.1) is 6.61 Å². The number of hydrogen-bond acceptors (Lipinski definition) is 4. The number of hydrogen-bond donors (Lipinski definition) is 0. The molecule has 0 bridgehead atoms. The fourth-order valence-electron chi connectivity index (χ4n) is 3.76. The first-order chi connectivity index (χ1) is 11.5. The van der Waals surface area contributed by atoms with Gasteiger partial charge in [-0.3, -0.25) is 0 Å². The van der Waals surface area contributed by atoms with E-state index in [1.807, 2.05) is 19.1 Å². The third-order valence-electron chi connectivity index (χ3n) is 4.24. The van der Waals surface area contributed by atoms with Crippen molar-refractivity contribution in [3.05, 3.63) is 40.2 Å². The highest BCUT2D eigenvalue weighted by atomic mass is 16.5. The molecule has 2 aromatic rings. The van der Waals surface area contributed by atoms with Crippen molar-refractivity contribution in [2.45, 2.75) is 54.4 Å². The zero-order valence-corrected chi connectivity index (χ0v) is 16.1. The maximum absolute atomic E-state index is 11.5. The van der Waals surface area contributed by atoms with Crippen molar-refractivity contribution >= 4 is 16.8 Å².